The Morgan fingerprint density at radius 2 is 2.10 bits per heavy atom. The van der Waals surface area contributed by atoms with Crippen molar-refractivity contribution in [2.45, 2.75) is 30.8 Å². The van der Waals surface area contributed by atoms with Crippen LogP contribution >= 0.6 is 11.8 Å². The number of aliphatic hydroxyl groups excluding tert-OH is 1. The van der Waals surface area contributed by atoms with Crippen molar-refractivity contribution in [1.82, 2.24) is 4.90 Å². The van der Waals surface area contributed by atoms with Crippen molar-refractivity contribution in [1.29, 1.82) is 0 Å². The molecule has 1 saturated heterocycles. The second-order valence-corrected chi connectivity index (χ2v) is 6.07. The molecule has 0 radical (unpaired) electrons. The molecule has 0 aromatic heterocycles. The molecule has 1 unspecified atom stereocenters. The molecule has 1 heterocycles. The van der Waals surface area contributed by atoms with E-state index in [9.17, 15) is 14.3 Å². The molecular formula is C15H20FNO2S. The van der Waals surface area contributed by atoms with E-state index in [2.05, 4.69) is 0 Å². The SMILES string of the molecule is CSc1cc(C(=O)N2CCC(C(C)O)CC2)ccc1F. The molecule has 1 aromatic rings. The van der Waals surface area contributed by atoms with Crippen LogP contribution in [-0.4, -0.2) is 41.4 Å². The fraction of sp³-hybridized carbons (Fsp3) is 0.533. The highest BCUT2D eigenvalue weighted by Gasteiger charge is 2.26. The van der Waals surface area contributed by atoms with Gasteiger partial charge in [0, 0.05) is 23.5 Å². The van der Waals surface area contributed by atoms with Gasteiger partial charge in [0.1, 0.15) is 5.82 Å². The van der Waals surface area contributed by atoms with E-state index >= 15 is 0 Å². The molecule has 2 rings (SSSR count). The molecular weight excluding hydrogens is 277 g/mol. The average Bonchev–Trinajstić information content (AvgIpc) is 2.47. The van der Waals surface area contributed by atoms with Gasteiger partial charge in [0.15, 0.2) is 0 Å². The minimum Gasteiger partial charge on any atom is -0.393 e. The number of carbonyl (C=O) groups excluding carboxylic acids is 1. The second kappa shape index (κ2) is 6.59. The summed E-state index contributed by atoms with van der Waals surface area (Å²) in [5.74, 6) is -0.0692. The van der Waals surface area contributed by atoms with Crippen LogP contribution in [0.15, 0.2) is 23.1 Å². The number of aliphatic hydroxyl groups is 1. The van der Waals surface area contributed by atoms with Gasteiger partial charge in [-0.15, -0.1) is 11.8 Å². The third-order valence-corrected chi connectivity index (χ3v) is 4.66. The largest absolute Gasteiger partial charge is 0.393 e. The Morgan fingerprint density at radius 1 is 1.45 bits per heavy atom. The van der Waals surface area contributed by atoms with E-state index < -0.39 is 0 Å². The van der Waals surface area contributed by atoms with Gasteiger partial charge in [0.05, 0.1) is 6.10 Å². The molecule has 0 spiro atoms. The molecule has 0 saturated carbocycles. The second-order valence-electron chi connectivity index (χ2n) is 5.22. The lowest BCUT2D eigenvalue weighted by Crippen LogP contribution is -2.40. The maximum atomic E-state index is 13.4. The first-order chi connectivity index (χ1) is 9.52. The summed E-state index contributed by atoms with van der Waals surface area (Å²) < 4.78 is 13.4. The van der Waals surface area contributed by atoms with Crippen molar-refractivity contribution in [3.8, 4) is 0 Å². The van der Waals surface area contributed by atoms with Gasteiger partial charge in [-0.3, -0.25) is 4.79 Å². The Balaban J connectivity index is 2.05. The fourth-order valence-corrected chi connectivity index (χ4v) is 3.07. The van der Waals surface area contributed by atoms with Gasteiger partial charge in [0.25, 0.3) is 5.91 Å². The number of hydrogen-bond acceptors (Lipinski definition) is 3. The first-order valence-electron chi connectivity index (χ1n) is 6.83. The van der Waals surface area contributed by atoms with E-state index in [1.165, 1.54) is 23.9 Å². The predicted molar refractivity (Wildman–Crippen MR) is 78.5 cm³/mol. The van der Waals surface area contributed by atoms with E-state index in [1.54, 1.807) is 24.1 Å². The van der Waals surface area contributed by atoms with Crippen LogP contribution in [0.5, 0.6) is 0 Å². The van der Waals surface area contributed by atoms with E-state index in [-0.39, 0.29) is 23.7 Å². The number of likely N-dealkylation sites (tertiary alicyclic amines) is 1. The van der Waals surface area contributed by atoms with Crippen LogP contribution in [0.1, 0.15) is 30.1 Å². The number of piperidine rings is 1. The van der Waals surface area contributed by atoms with Crippen LogP contribution in [0.3, 0.4) is 0 Å². The maximum absolute atomic E-state index is 13.4. The maximum Gasteiger partial charge on any atom is 0.253 e. The van der Waals surface area contributed by atoms with E-state index in [0.29, 0.717) is 23.5 Å². The zero-order chi connectivity index (χ0) is 14.7. The normalized spacial score (nSPS) is 18.1. The van der Waals surface area contributed by atoms with E-state index in [1.807, 2.05) is 0 Å². The standard InChI is InChI=1S/C15H20FNO2S/c1-10(18)11-5-7-17(8-6-11)15(19)12-3-4-13(16)14(9-12)20-2/h3-4,9-11,18H,5-8H2,1-2H3. The molecule has 1 atom stereocenters. The molecule has 0 bridgehead atoms. The first-order valence-corrected chi connectivity index (χ1v) is 8.06. The van der Waals surface area contributed by atoms with Gasteiger partial charge in [0.2, 0.25) is 0 Å². The van der Waals surface area contributed by atoms with Crippen molar-refractivity contribution < 1.29 is 14.3 Å². The molecule has 1 amide bonds. The van der Waals surface area contributed by atoms with Crippen LogP contribution in [0.25, 0.3) is 0 Å². The monoisotopic (exact) mass is 297 g/mol. The molecule has 1 aliphatic heterocycles. The minimum atomic E-state index is -0.318. The number of halogens is 1. The van der Waals surface area contributed by atoms with E-state index in [4.69, 9.17) is 0 Å². The number of amides is 1. The summed E-state index contributed by atoms with van der Waals surface area (Å²) in [5.41, 5.74) is 0.534. The third kappa shape index (κ3) is 3.33. The summed E-state index contributed by atoms with van der Waals surface area (Å²) in [6, 6.07) is 4.50. The molecule has 5 heteroatoms. The van der Waals surface area contributed by atoms with Crippen LogP contribution in [0, 0.1) is 11.7 Å². The highest BCUT2D eigenvalue weighted by Crippen LogP contribution is 2.24. The summed E-state index contributed by atoms with van der Waals surface area (Å²) in [6.07, 6.45) is 3.11. The van der Waals surface area contributed by atoms with Gasteiger partial charge >= 0.3 is 0 Å². The van der Waals surface area contributed by atoms with Gasteiger partial charge in [-0.05, 0) is 50.1 Å². The van der Waals surface area contributed by atoms with Crippen molar-refractivity contribution in [2.75, 3.05) is 19.3 Å². The quantitative estimate of drug-likeness (QED) is 0.872. The molecule has 3 nitrogen and oxygen atoms in total. The van der Waals surface area contributed by atoms with E-state index in [0.717, 1.165) is 12.8 Å². The highest BCUT2D eigenvalue weighted by molar-refractivity contribution is 7.98. The number of carbonyl (C=O) groups is 1. The summed E-state index contributed by atoms with van der Waals surface area (Å²) in [7, 11) is 0. The molecule has 110 valence electrons. The smallest absolute Gasteiger partial charge is 0.253 e. The van der Waals surface area contributed by atoms with Crippen molar-refractivity contribution in [3.63, 3.8) is 0 Å². The third-order valence-electron chi connectivity index (χ3n) is 3.91. The lowest BCUT2D eigenvalue weighted by molar-refractivity contribution is 0.0521. The Labute approximate surface area is 123 Å². The van der Waals surface area contributed by atoms with Gasteiger partial charge in [-0.25, -0.2) is 4.39 Å². The number of benzene rings is 1. The highest BCUT2D eigenvalue weighted by atomic mass is 32.2. The summed E-state index contributed by atoms with van der Waals surface area (Å²) in [4.78, 5) is 14.7. The van der Waals surface area contributed by atoms with Crippen molar-refractivity contribution in [2.24, 2.45) is 5.92 Å². The summed E-state index contributed by atoms with van der Waals surface area (Å²) in [6.45, 7) is 3.10. The summed E-state index contributed by atoms with van der Waals surface area (Å²) in [5, 5.41) is 9.57. The molecule has 1 aliphatic rings. The zero-order valence-corrected chi connectivity index (χ0v) is 12.6. The van der Waals surface area contributed by atoms with Crippen LogP contribution in [-0.2, 0) is 0 Å². The van der Waals surface area contributed by atoms with Crippen molar-refractivity contribution >= 4 is 17.7 Å². The number of rotatable bonds is 3. The Kier molecular flexibility index (Phi) is 5.05. The Bertz CT molecular complexity index is 485. The van der Waals surface area contributed by atoms with Gasteiger partial charge in [-0.2, -0.15) is 0 Å². The van der Waals surface area contributed by atoms with Gasteiger partial charge in [-0.1, -0.05) is 0 Å². The lowest BCUT2D eigenvalue weighted by atomic mass is 9.92. The van der Waals surface area contributed by atoms with Crippen LogP contribution in [0.4, 0.5) is 4.39 Å². The Morgan fingerprint density at radius 3 is 2.65 bits per heavy atom. The van der Waals surface area contributed by atoms with Crippen LogP contribution in [0.2, 0.25) is 0 Å². The average molecular weight is 297 g/mol. The molecule has 1 N–H and O–H groups in total. The zero-order valence-electron chi connectivity index (χ0n) is 11.8. The molecule has 1 fully saturated rings. The van der Waals surface area contributed by atoms with Crippen LogP contribution < -0.4 is 0 Å². The lowest BCUT2D eigenvalue weighted by Gasteiger charge is -2.33. The topological polar surface area (TPSA) is 40.5 Å². The summed E-state index contributed by atoms with van der Waals surface area (Å²) >= 11 is 1.30. The molecule has 0 aliphatic carbocycles. The predicted octanol–water partition coefficient (Wildman–Crippen LogP) is 2.78. The minimum absolute atomic E-state index is 0.0515. The Hall–Kier alpha value is -1.07. The van der Waals surface area contributed by atoms with Crippen molar-refractivity contribution in [3.05, 3.63) is 29.6 Å². The molecule has 20 heavy (non-hydrogen) atoms. The molecule has 1 aromatic carbocycles. The number of nitrogens with zero attached hydrogens (tertiary/aromatic N) is 1. The number of hydrogen-bond donors (Lipinski definition) is 1. The fourth-order valence-electron chi connectivity index (χ4n) is 2.56. The first kappa shape index (κ1) is 15.3. The van der Waals surface area contributed by atoms with Gasteiger partial charge < -0.3 is 10.0 Å². The number of thioether (sulfide) groups is 1.